The fourth-order valence-electron chi connectivity index (χ4n) is 0. The monoisotopic (exact) mass is 279 g/mol. The molecule has 0 saturated carbocycles. The van der Waals surface area contributed by atoms with Gasteiger partial charge in [-0.1, -0.05) is 0 Å². The van der Waals surface area contributed by atoms with Crippen molar-refractivity contribution in [2.45, 2.75) is 0 Å². The maximum absolute atomic E-state index is 3.88. The molecule has 0 atom stereocenters. The van der Waals surface area contributed by atoms with Crippen LogP contribution < -0.4 is 0 Å². The first-order valence-electron chi connectivity index (χ1n) is 0.265. The normalized spacial score (nSPS) is 2.75. The van der Waals surface area contributed by atoms with E-state index in [0.717, 1.165) is 0 Å². The van der Waals surface area contributed by atoms with E-state index >= 15 is 0 Å². The van der Waals surface area contributed by atoms with Crippen molar-refractivity contribution in [2.24, 2.45) is 0 Å². The summed E-state index contributed by atoms with van der Waals surface area (Å²) in [6.07, 6.45) is 0. The van der Waals surface area contributed by atoms with Gasteiger partial charge in [-0.3, -0.25) is 0 Å². The van der Waals surface area contributed by atoms with Crippen LogP contribution in [0.2, 0.25) is 0 Å². The van der Waals surface area contributed by atoms with Gasteiger partial charge in [-0.2, -0.15) is 0 Å². The minimum atomic E-state index is 1.58. The Hall–Kier alpha value is 2.01. The fourth-order valence-corrected chi connectivity index (χ4v) is 0. The van der Waals surface area contributed by atoms with Gasteiger partial charge in [0.05, 0.1) is 0 Å². The Bertz CT molecular complexity index is 10.0. The summed E-state index contributed by atoms with van der Waals surface area (Å²) in [5.41, 5.74) is 0. The second-order valence-electron chi connectivity index (χ2n) is 0. The van der Waals surface area contributed by atoms with Crippen molar-refractivity contribution >= 4 is 30.2 Å². The maximum atomic E-state index is 3.88. The van der Waals surface area contributed by atoms with Gasteiger partial charge >= 0.3 is 56.1 Å². The molecule has 0 bridgehead atoms. The van der Waals surface area contributed by atoms with Gasteiger partial charge in [-0.25, -0.2) is 0 Å². The van der Waals surface area contributed by atoms with E-state index in [9.17, 15) is 0 Å². The quantitative estimate of drug-likeness (QED) is 0.573. The van der Waals surface area contributed by atoms with E-state index in [4.69, 9.17) is 0 Å². The molecule has 0 rings (SSSR count). The van der Waals surface area contributed by atoms with E-state index in [1.807, 2.05) is 0 Å². The summed E-state index contributed by atoms with van der Waals surface area (Å²) < 4.78 is 0. The zero-order valence-corrected chi connectivity index (χ0v) is 6.64. The molecule has 31 valence electrons. The molecular formula is CoNiSTe. The van der Waals surface area contributed by atoms with Crippen LogP contribution in [0, 0.1) is 0 Å². The summed E-state index contributed by atoms with van der Waals surface area (Å²) in [4.78, 5) is 0. The van der Waals surface area contributed by atoms with Crippen molar-refractivity contribution in [3.8, 4) is 0 Å². The second-order valence-corrected chi connectivity index (χ2v) is 0. The van der Waals surface area contributed by atoms with Crippen LogP contribution in [-0.4, -0.2) is 19.6 Å². The zero-order valence-electron chi connectivity index (χ0n) is 1.47. The van der Waals surface area contributed by atoms with E-state index in [0.29, 0.717) is 0 Å². The van der Waals surface area contributed by atoms with Gasteiger partial charge in [-0.15, -0.1) is 0 Å². The SMILES string of the molecule is [Ni]=[Te].[S]=[Co]. The average molecular weight is 277 g/mol. The third-order valence-electron chi connectivity index (χ3n) is 0. The number of hydrogen-bond acceptors (Lipinski definition) is 1. The summed E-state index contributed by atoms with van der Waals surface area (Å²) in [5.74, 6) is 0. The first-order valence-corrected chi connectivity index (χ1v) is 5.25. The van der Waals surface area contributed by atoms with Crippen molar-refractivity contribution < 1.29 is 25.9 Å². The third-order valence-corrected chi connectivity index (χ3v) is 0. The number of rotatable bonds is 0. The van der Waals surface area contributed by atoms with E-state index in [2.05, 4.69) is 36.5 Å². The van der Waals surface area contributed by atoms with Gasteiger partial charge in [0.1, 0.15) is 0 Å². The number of hydrogen-bond donors (Lipinski definition) is 0. The van der Waals surface area contributed by atoms with Crippen LogP contribution in [0.4, 0.5) is 0 Å². The molecule has 0 saturated heterocycles. The Kier molecular flexibility index (Phi) is 46.8. The third kappa shape index (κ3) is 8.99. The van der Waals surface area contributed by atoms with Crippen molar-refractivity contribution in [3.05, 3.63) is 0 Å². The van der Waals surface area contributed by atoms with Crippen molar-refractivity contribution in [2.75, 3.05) is 0 Å². The van der Waals surface area contributed by atoms with Crippen molar-refractivity contribution in [1.29, 1.82) is 0 Å². The standard InChI is InChI=1S/Co.Ni.S.Te. The molecule has 0 aliphatic rings. The average Bonchev–Trinajstić information content (AvgIpc) is 1.50. The Labute approximate surface area is 55.5 Å². The molecule has 0 spiro atoms. The predicted octanol–water partition coefficient (Wildman–Crippen LogP) is 0.262. The van der Waals surface area contributed by atoms with Crippen LogP contribution in [0.15, 0.2) is 0 Å². The van der Waals surface area contributed by atoms with Crippen molar-refractivity contribution in [3.63, 3.8) is 0 Å². The Morgan fingerprint density at radius 1 is 1.50 bits per heavy atom. The summed E-state index contributed by atoms with van der Waals surface area (Å²) in [6.45, 7) is 0. The molecule has 0 nitrogen and oxygen atoms in total. The first-order chi connectivity index (χ1) is 2.00. The van der Waals surface area contributed by atoms with Gasteiger partial charge in [0.2, 0.25) is 0 Å². The Morgan fingerprint density at radius 3 is 1.50 bits per heavy atom. The molecule has 0 unspecified atom stereocenters. The molecule has 0 N–H and O–H groups in total. The molecule has 4 heavy (non-hydrogen) atoms. The van der Waals surface area contributed by atoms with Crippen LogP contribution in [0.5, 0.6) is 0 Å². The molecule has 0 aromatic rings. The summed E-state index contributed by atoms with van der Waals surface area (Å²) in [5, 5.41) is 0. The van der Waals surface area contributed by atoms with Crippen LogP contribution >= 0.6 is 10.6 Å². The summed E-state index contributed by atoms with van der Waals surface area (Å²) in [7, 11) is 3.77. The zero-order chi connectivity index (χ0) is 4.00. The molecule has 0 heterocycles. The first kappa shape index (κ1) is 9.38. The molecule has 0 aromatic heterocycles. The van der Waals surface area contributed by atoms with Crippen molar-refractivity contribution in [1.82, 2.24) is 0 Å². The van der Waals surface area contributed by atoms with Gasteiger partial charge in [0.15, 0.2) is 0 Å². The van der Waals surface area contributed by atoms with E-state index in [1.165, 1.54) is 0 Å². The molecule has 0 aliphatic heterocycles. The van der Waals surface area contributed by atoms with Gasteiger partial charge < -0.3 is 0 Å². The van der Waals surface area contributed by atoms with Crippen LogP contribution in [-0.2, 0) is 25.9 Å². The minimum absolute atomic E-state index is 1.58. The second kappa shape index (κ2) is 19.9. The Morgan fingerprint density at radius 2 is 1.50 bits per heavy atom. The van der Waals surface area contributed by atoms with Gasteiger partial charge in [0.25, 0.3) is 0 Å². The molecule has 0 amide bonds. The summed E-state index contributed by atoms with van der Waals surface area (Å²) >= 11 is 8.61. The van der Waals surface area contributed by atoms with E-state index in [1.54, 1.807) is 19.6 Å². The predicted molar refractivity (Wildman–Crippen MR) is 13.3 cm³/mol. The fraction of sp³-hybridized carbons (Fsp3) is 0. The molecule has 0 aliphatic carbocycles. The van der Waals surface area contributed by atoms with Gasteiger partial charge in [-0.05, 0) is 0 Å². The van der Waals surface area contributed by atoms with Gasteiger partial charge in [0, 0.05) is 0 Å². The topological polar surface area (TPSA) is 0 Å². The molecule has 0 radical (unpaired) electrons. The summed E-state index contributed by atoms with van der Waals surface area (Å²) in [6, 6.07) is 0. The molecular weight excluding hydrogens is 277 g/mol. The molecule has 0 fully saturated rings. The van der Waals surface area contributed by atoms with Crippen LogP contribution in [0.1, 0.15) is 0 Å². The van der Waals surface area contributed by atoms with Crippen LogP contribution in [0.25, 0.3) is 0 Å². The van der Waals surface area contributed by atoms with Crippen LogP contribution in [0.3, 0.4) is 0 Å². The molecule has 0 aromatic carbocycles. The van der Waals surface area contributed by atoms with E-state index < -0.39 is 0 Å². The molecule has 4 heteroatoms. The van der Waals surface area contributed by atoms with E-state index in [-0.39, 0.29) is 0 Å². The Balaban J connectivity index is 0.